The van der Waals surface area contributed by atoms with Crippen molar-refractivity contribution < 1.29 is 8.78 Å². The predicted octanol–water partition coefficient (Wildman–Crippen LogP) is 5.93. The first kappa shape index (κ1) is 16.6. The van der Waals surface area contributed by atoms with E-state index in [1.807, 2.05) is 34.6 Å². The zero-order valence-electron chi connectivity index (χ0n) is 11.6. The molecule has 0 N–H and O–H groups in total. The van der Waals surface area contributed by atoms with Gasteiger partial charge in [-0.1, -0.05) is 27.7 Å². The fourth-order valence-electron chi connectivity index (χ4n) is 1.83. The van der Waals surface area contributed by atoms with Crippen molar-refractivity contribution in [3.63, 3.8) is 0 Å². The van der Waals surface area contributed by atoms with Crippen LogP contribution in [0.2, 0.25) is 0 Å². The molecule has 0 spiro atoms. The number of hydrogen-bond donors (Lipinski definition) is 0. The zero-order chi connectivity index (χ0) is 13.5. The molecular weight excluding hydrogens is 238 g/mol. The fourth-order valence-corrected chi connectivity index (χ4v) is 2.96. The first-order valence-corrected chi connectivity index (χ1v) is 7.39. The monoisotopic (exact) mass is 262 g/mol. The highest BCUT2D eigenvalue weighted by atomic mass is 32.1. The van der Waals surface area contributed by atoms with E-state index in [4.69, 9.17) is 0 Å². The second-order valence-electron chi connectivity index (χ2n) is 3.61. The maximum atomic E-state index is 13.5. The normalized spacial score (nSPS) is 16.6. The Kier molecular flexibility index (Phi) is 7.60. The summed E-state index contributed by atoms with van der Waals surface area (Å²) in [4.78, 5) is 1.91. The summed E-state index contributed by atoms with van der Waals surface area (Å²) in [6.07, 6.45) is 2.41. The number of hydrogen-bond acceptors (Lipinski definition) is 1. The van der Waals surface area contributed by atoms with Gasteiger partial charge in [0.25, 0.3) is 5.92 Å². The first-order chi connectivity index (χ1) is 8.09. The maximum Gasteiger partial charge on any atom is 0.274 e. The number of aryl methyl sites for hydroxylation is 2. The Morgan fingerprint density at radius 1 is 1.12 bits per heavy atom. The number of alkyl halides is 2. The Balaban J connectivity index is 0.000000581. The molecule has 0 saturated carbocycles. The summed E-state index contributed by atoms with van der Waals surface area (Å²) in [6, 6.07) is 1.66. The van der Waals surface area contributed by atoms with E-state index in [1.165, 1.54) is 11.3 Å². The molecule has 0 fully saturated rings. The lowest BCUT2D eigenvalue weighted by molar-refractivity contribution is -0.0133. The molecule has 0 nitrogen and oxygen atoms in total. The van der Waals surface area contributed by atoms with Gasteiger partial charge in [0, 0.05) is 21.7 Å². The van der Waals surface area contributed by atoms with Crippen LogP contribution in [0.1, 0.15) is 62.3 Å². The Morgan fingerprint density at radius 2 is 1.71 bits per heavy atom. The molecule has 0 bridgehead atoms. The van der Waals surface area contributed by atoms with Crippen LogP contribution in [-0.2, 0) is 12.3 Å². The standard InChI is InChI=1S/C10H12F2S.2C2H6/c1-7-6-8-9(13-7)4-2-3-5-10(8,11)12;2*1-2/h6H,2-5H2,1H3;2*1-2H3. The molecule has 0 amide bonds. The minimum atomic E-state index is -2.57. The van der Waals surface area contributed by atoms with E-state index in [2.05, 4.69) is 0 Å². The van der Waals surface area contributed by atoms with Gasteiger partial charge in [-0.3, -0.25) is 0 Å². The third kappa shape index (κ3) is 4.38. The molecule has 1 heterocycles. The average molecular weight is 262 g/mol. The molecule has 0 radical (unpaired) electrons. The molecular formula is C14H24F2S. The van der Waals surface area contributed by atoms with Crippen molar-refractivity contribution in [2.24, 2.45) is 0 Å². The molecule has 2 rings (SSSR count). The molecule has 1 aliphatic carbocycles. The minimum absolute atomic E-state index is 0.0240. The fraction of sp³-hybridized carbons (Fsp3) is 0.714. The molecule has 0 aliphatic heterocycles. The van der Waals surface area contributed by atoms with E-state index >= 15 is 0 Å². The van der Waals surface area contributed by atoms with Crippen molar-refractivity contribution >= 4 is 11.3 Å². The van der Waals surface area contributed by atoms with Crippen molar-refractivity contribution in [1.29, 1.82) is 0 Å². The molecule has 1 aromatic heterocycles. The van der Waals surface area contributed by atoms with Gasteiger partial charge in [0.15, 0.2) is 0 Å². The summed E-state index contributed by atoms with van der Waals surface area (Å²) in [6.45, 7) is 9.90. The summed E-state index contributed by atoms with van der Waals surface area (Å²) in [5, 5.41) is 0. The molecule has 3 heteroatoms. The van der Waals surface area contributed by atoms with Gasteiger partial charge < -0.3 is 0 Å². The molecule has 17 heavy (non-hydrogen) atoms. The van der Waals surface area contributed by atoms with Gasteiger partial charge in [0.05, 0.1) is 0 Å². The quantitative estimate of drug-likeness (QED) is 0.508. The molecule has 0 saturated heterocycles. The average Bonchev–Trinajstić information content (AvgIpc) is 2.66. The molecule has 0 atom stereocenters. The van der Waals surface area contributed by atoms with Gasteiger partial charge in [0.2, 0.25) is 0 Å². The van der Waals surface area contributed by atoms with Crippen LogP contribution in [0.3, 0.4) is 0 Å². The number of rotatable bonds is 0. The van der Waals surface area contributed by atoms with Gasteiger partial charge in [0.1, 0.15) is 0 Å². The third-order valence-corrected chi connectivity index (χ3v) is 3.58. The van der Waals surface area contributed by atoms with E-state index < -0.39 is 5.92 Å². The van der Waals surface area contributed by atoms with Gasteiger partial charge in [-0.2, -0.15) is 0 Å². The van der Waals surface area contributed by atoms with Crippen LogP contribution >= 0.6 is 11.3 Å². The minimum Gasteiger partial charge on any atom is -0.201 e. The lowest BCUT2D eigenvalue weighted by atomic mass is 10.1. The van der Waals surface area contributed by atoms with E-state index in [1.54, 1.807) is 6.07 Å². The Bertz CT molecular complexity index is 316. The maximum absolute atomic E-state index is 13.5. The van der Waals surface area contributed by atoms with Gasteiger partial charge >= 0.3 is 0 Å². The molecule has 0 unspecified atom stereocenters. The summed E-state index contributed by atoms with van der Waals surface area (Å²) in [7, 11) is 0. The number of fused-ring (bicyclic) bond motifs is 1. The van der Waals surface area contributed by atoms with E-state index in [-0.39, 0.29) is 6.42 Å². The smallest absolute Gasteiger partial charge is 0.201 e. The van der Waals surface area contributed by atoms with Crippen LogP contribution in [0.15, 0.2) is 6.07 Å². The summed E-state index contributed by atoms with van der Waals surface area (Å²) in [5.74, 6) is -2.57. The highest BCUT2D eigenvalue weighted by Gasteiger charge is 2.36. The van der Waals surface area contributed by atoms with Crippen molar-refractivity contribution in [2.45, 2.75) is 66.2 Å². The van der Waals surface area contributed by atoms with Gasteiger partial charge in [-0.05, 0) is 32.3 Å². The SMILES string of the molecule is CC.CC.Cc1cc2c(s1)CCCCC2(F)F. The van der Waals surface area contributed by atoms with Crippen LogP contribution < -0.4 is 0 Å². The van der Waals surface area contributed by atoms with Crippen LogP contribution in [-0.4, -0.2) is 0 Å². The van der Waals surface area contributed by atoms with Crippen molar-refractivity contribution in [3.8, 4) is 0 Å². The second-order valence-corrected chi connectivity index (χ2v) is 4.95. The van der Waals surface area contributed by atoms with E-state index in [0.29, 0.717) is 12.0 Å². The Morgan fingerprint density at radius 3 is 2.29 bits per heavy atom. The zero-order valence-corrected chi connectivity index (χ0v) is 12.4. The van der Waals surface area contributed by atoms with Crippen LogP contribution in [0.4, 0.5) is 8.78 Å². The van der Waals surface area contributed by atoms with Crippen molar-refractivity contribution in [3.05, 3.63) is 21.4 Å². The lowest BCUT2D eigenvalue weighted by Crippen LogP contribution is -2.11. The second kappa shape index (κ2) is 7.80. The van der Waals surface area contributed by atoms with Crippen molar-refractivity contribution in [1.82, 2.24) is 0 Å². The van der Waals surface area contributed by atoms with Gasteiger partial charge in [-0.15, -0.1) is 11.3 Å². The predicted molar refractivity (Wildman–Crippen MR) is 73.2 cm³/mol. The van der Waals surface area contributed by atoms with Crippen LogP contribution in [0.5, 0.6) is 0 Å². The van der Waals surface area contributed by atoms with E-state index in [9.17, 15) is 8.78 Å². The largest absolute Gasteiger partial charge is 0.274 e. The summed E-state index contributed by atoms with van der Waals surface area (Å²) < 4.78 is 27.0. The first-order valence-electron chi connectivity index (χ1n) is 6.57. The molecule has 100 valence electrons. The molecule has 1 aromatic rings. The highest BCUT2D eigenvalue weighted by molar-refractivity contribution is 7.12. The number of thiophene rings is 1. The van der Waals surface area contributed by atoms with Gasteiger partial charge in [-0.25, -0.2) is 8.78 Å². The van der Waals surface area contributed by atoms with Crippen molar-refractivity contribution in [2.75, 3.05) is 0 Å². The molecule has 1 aliphatic rings. The topological polar surface area (TPSA) is 0 Å². The Hall–Kier alpha value is -0.440. The molecule has 0 aromatic carbocycles. The van der Waals surface area contributed by atoms with Crippen LogP contribution in [0.25, 0.3) is 0 Å². The highest BCUT2D eigenvalue weighted by Crippen LogP contribution is 2.42. The summed E-state index contributed by atoms with van der Waals surface area (Å²) >= 11 is 1.53. The summed E-state index contributed by atoms with van der Waals surface area (Å²) in [5.41, 5.74) is 0.299. The lowest BCUT2D eigenvalue weighted by Gasteiger charge is -2.13. The number of halogens is 2. The third-order valence-electron chi connectivity index (χ3n) is 2.47. The van der Waals surface area contributed by atoms with Crippen LogP contribution in [0, 0.1) is 6.92 Å². The Labute approximate surface area is 108 Å². The van der Waals surface area contributed by atoms with E-state index in [0.717, 1.165) is 22.6 Å².